The molecule has 1 aliphatic rings. The largest absolute Gasteiger partial charge is 0.318 e. The maximum Gasteiger partial charge on any atom is 0.185 e. The minimum Gasteiger partial charge on any atom is -0.318 e. The van der Waals surface area contributed by atoms with Crippen molar-refractivity contribution in [3.63, 3.8) is 0 Å². The topological polar surface area (TPSA) is 46.2 Å². The van der Waals surface area contributed by atoms with Crippen molar-refractivity contribution in [3.05, 3.63) is 29.3 Å². The van der Waals surface area contributed by atoms with Crippen LogP contribution < -0.4 is 5.32 Å². The SMILES string of the molecule is CNCC1(S(=O)(=O)c2cc(C)ccc2C)CC1. The van der Waals surface area contributed by atoms with Gasteiger partial charge in [0.1, 0.15) is 0 Å². The van der Waals surface area contributed by atoms with Gasteiger partial charge < -0.3 is 5.32 Å². The molecule has 1 N–H and O–H groups in total. The van der Waals surface area contributed by atoms with E-state index in [1.807, 2.05) is 26.0 Å². The summed E-state index contributed by atoms with van der Waals surface area (Å²) in [4.78, 5) is 0.505. The van der Waals surface area contributed by atoms with Crippen molar-refractivity contribution in [2.24, 2.45) is 0 Å². The third kappa shape index (κ3) is 2.00. The predicted octanol–water partition coefficient (Wildman–Crippen LogP) is 1.83. The average Bonchev–Trinajstić information content (AvgIpc) is 3.03. The van der Waals surface area contributed by atoms with Crippen molar-refractivity contribution < 1.29 is 8.42 Å². The van der Waals surface area contributed by atoms with Crippen molar-refractivity contribution in [1.82, 2.24) is 5.32 Å². The molecule has 0 amide bonds. The van der Waals surface area contributed by atoms with E-state index in [4.69, 9.17) is 0 Å². The van der Waals surface area contributed by atoms with Crippen LogP contribution >= 0.6 is 0 Å². The van der Waals surface area contributed by atoms with Crippen molar-refractivity contribution >= 4 is 9.84 Å². The molecular formula is C13H19NO2S. The third-order valence-electron chi connectivity index (χ3n) is 3.51. The lowest BCUT2D eigenvalue weighted by Crippen LogP contribution is -2.34. The summed E-state index contributed by atoms with van der Waals surface area (Å²) in [7, 11) is -1.40. The zero-order valence-corrected chi connectivity index (χ0v) is 11.4. The Morgan fingerprint density at radius 1 is 1.29 bits per heavy atom. The molecule has 1 saturated carbocycles. The summed E-state index contributed by atoms with van der Waals surface area (Å²) in [6, 6.07) is 5.63. The molecule has 3 nitrogen and oxygen atoms in total. The number of nitrogens with one attached hydrogen (secondary N) is 1. The van der Waals surface area contributed by atoms with Gasteiger partial charge in [0.2, 0.25) is 0 Å². The fourth-order valence-corrected chi connectivity index (χ4v) is 4.51. The zero-order valence-electron chi connectivity index (χ0n) is 10.6. The first-order chi connectivity index (χ1) is 7.93. The Hall–Kier alpha value is -0.870. The molecule has 0 saturated heterocycles. The van der Waals surface area contributed by atoms with Crippen LogP contribution in [-0.2, 0) is 9.84 Å². The highest BCUT2D eigenvalue weighted by atomic mass is 32.2. The van der Waals surface area contributed by atoms with Gasteiger partial charge in [-0.05, 0) is 50.9 Å². The Labute approximate surface area is 103 Å². The molecule has 0 heterocycles. The van der Waals surface area contributed by atoms with Crippen LogP contribution in [0.1, 0.15) is 24.0 Å². The molecule has 0 atom stereocenters. The van der Waals surface area contributed by atoms with Gasteiger partial charge in [0, 0.05) is 6.54 Å². The second-order valence-electron chi connectivity index (χ2n) is 4.99. The number of aryl methyl sites for hydroxylation is 2. The highest BCUT2D eigenvalue weighted by molar-refractivity contribution is 7.93. The molecule has 1 aliphatic carbocycles. The van der Waals surface area contributed by atoms with E-state index < -0.39 is 14.6 Å². The van der Waals surface area contributed by atoms with Crippen molar-refractivity contribution in [3.8, 4) is 0 Å². The lowest BCUT2D eigenvalue weighted by Gasteiger charge is -2.17. The fraction of sp³-hybridized carbons (Fsp3) is 0.538. The normalized spacial score (nSPS) is 18.1. The van der Waals surface area contributed by atoms with Crippen LogP contribution in [0.3, 0.4) is 0 Å². The van der Waals surface area contributed by atoms with Crippen molar-refractivity contribution in [2.45, 2.75) is 36.3 Å². The molecule has 0 aliphatic heterocycles. The van der Waals surface area contributed by atoms with E-state index in [1.54, 1.807) is 13.1 Å². The quantitative estimate of drug-likeness (QED) is 0.890. The van der Waals surface area contributed by atoms with E-state index in [-0.39, 0.29) is 0 Å². The minimum absolute atomic E-state index is 0.505. The Balaban J connectivity index is 2.49. The predicted molar refractivity (Wildman–Crippen MR) is 69.0 cm³/mol. The Kier molecular flexibility index (Phi) is 3.04. The Morgan fingerprint density at radius 2 is 1.94 bits per heavy atom. The van der Waals surface area contributed by atoms with Gasteiger partial charge in [-0.1, -0.05) is 12.1 Å². The van der Waals surface area contributed by atoms with E-state index in [1.165, 1.54) is 0 Å². The summed E-state index contributed by atoms with van der Waals surface area (Å²) < 4.78 is 24.7. The molecule has 0 bridgehead atoms. The van der Waals surface area contributed by atoms with E-state index in [2.05, 4.69) is 5.32 Å². The summed E-state index contributed by atoms with van der Waals surface area (Å²) in [6.45, 7) is 4.33. The van der Waals surface area contributed by atoms with Crippen molar-refractivity contribution in [2.75, 3.05) is 13.6 Å². The number of hydrogen-bond acceptors (Lipinski definition) is 3. The summed E-state index contributed by atoms with van der Waals surface area (Å²) >= 11 is 0. The molecule has 0 spiro atoms. The molecule has 0 unspecified atom stereocenters. The molecule has 0 radical (unpaired) electrons. The highest BCUT2D eigenvalue weighted by Crippen LogP contribution is 2.46. The molecule has 4 heteroatoms. The minimum atomic E-state index is -3.21. The first-order valence-electron chi connectivity index (χ1n) is 5.89. The standard InChI is InChI=1S/C13H19NO2S/c1-10-4-5-11(2)12(8-10)17(15,16)13(6-7-13)9-14-3/h4-5,8,14H,6-7,9H2,1-3H3. The van der Waals surface area contributed by atoms with Crippen LogP contribution in [0.5, 0.6) is 0 Å². The first-order valence-corrected chi connectivity index (χ1v) is 7.38. The second kappa shape index (κ2) is 4.10. The highest BCUT2D eigenvalue weighted by Gasteiger charge is 2.54. The Bertz CT molecular complexity index is 530. The molecule has 17 heavy (non-hydrogen) atoms. The third-order valence-corrected chi connectivity index (χ3v) is 6.22. The van der Waals surface area contributed by atoms with Crippen molar-refractivity contribution in [1.29, 1.82) is 0 Å². The van der Waals surface area contributed by atoms with Gasteiger partial charge >= 0.3 is 0 Å². The maximum atomic E-state index is 12.6. The zero-order chi connectivity index (χ0) is 12.7. The van der Waals surface area contributed by atoms with E-state index in [0.717, 1.165) is 24.0 Å². The van der Waals surface area contributed by atoms with Crippen LogP contribution in [0.25, 0.3) is 0 Å². The van der Waals surface area contributed by atoms with Gasteiger partial charge in [0.25, 0.3) is 0 Å². The summed E-state index contributed by atoms with van der Waals surface area (Å²) in [5.74, 6) is 0. The summed E-state index contributed by atoms with van der Waals surface area (Å²) in [5, 5.41) is 3.00. The van der Waals surface area contributed by atoms with Gasteiger partial charge in [0.15, 0.2) is 9.84 Å². The van der Waals surface area contributed by atoms with Gasteiger partial charge in [0.05, 0.1) is 9.64 Å². The maximum absolute atomic E-state index is 12.6. The molecule has 1 aromatic rings. The van der Waals surface area contributed by atoms with Gasteiger partial charge in [-0.15, -0.1) is 0 Å². The van der Waals surface area contributed by atoms with Crippen LogP contribution in [0.15, 0.2) is 23.1 Å². The molecule has 1 fully saturated rings. The smallest absolute Gasteiger partial charge is 0.185 e. The lowest BCUT2D eigenvalue weighted by molar-refractivity contribution is 0.568. The fourth-order valence-electron chi connectivity index (χ4n) is 2.23. The second-order valence-corrected chi connectivity index (χ2v) is 7.30. The Morgan fingerprint density at radius 3 is 2.47 bits per heavy atom. The van der Waals surface area contributed by atoms with Gasteiger partial charge in [-0.3, -0.25) is 0 Å². The number of benzene rings is 1. The van der Waals surface area contributed by atoms with Gasteiger partial charge in [-0.25, -0.2) is 8.42 Å². The number of sulfone groups is 1. The molecular weight excluding hydrogens is 234 g/mol. The van der Waals surface area contributed by atoms with E-state index >= 15 is 0 Å². The lowest BCUT2D eigenvalue weighted by atomic mass is 10.2. The average molecular weight is 253 g/mol. The van der Waals surface area contributed by atoms with Crippen LogP contribution in [0.4, 0.5) is 0 Å². The van der Waals surface area contributed by atoms with Crippen LogP contribution in [0.2, 0.25) is 0 Å². The molecule has 0 aromatic heterocycles. The van der Waals surface area contributed by atoms with E-state index in [9.17, 15) is 8.42 Å². The summed E-state index contributed by atoms with van der Waals surface area (Å²) in [5.41, 5.74) is 1.84. The van der Waals surface area contributed by atoms with Crippen LogP contribution in [-0.4, -0.2) is 26.8 Å². The summed E-state index contributed by atoms with van der Waals surface area (Å²) in [6.07, 6.45) is 1.53. The van der Waals surface area contributed by atoms with Gasteiger partial charge in [-0.2, -0.15) is 0 Å². The molecule has 2 rings (SSSR count). The first kappa shape index (κ1) is 12.6. The monoisotopic (exact) mass is 253 g/mol. The molecule has 1 aromatic carbocycles. The number of hydrogen-bond donors (Lipinski definition) is 1. The molecule has 94 valence electrons. The number of rotatable bonds is 4. The van der Waals surface area contributed by atoms with E-state index in [0.29, 0.717) is 11.4 Å². The van der Waals surface area contributed by atoms with Crippen LogP contribution in [0, 0.1) is 13.8 Å².